The van der Waals surface area contributed by atoms with Gasteiger partial charge in [-0.2, -0.15) is 0 Å². The zero-order valence-electron chi connectivity index (χ0n) is 14.7. The van der Waals surface area contributed by atoms with Crippen molar-refractivity contribution >= 4 is 16.9 Å². The van der Waals surface area contributed by atoms with Crippen LogP contribution >= 0.6 is 0 Å². The number of hydroxylamine groups is 1. The van der Waals surface area contributed by atoms with Gasteiger partial charge in [0.2, 0.25) is 0 Å². The van der Waals surface area contributed by atoms with Gasteiger partial charge in [0.15, 0.2) is 0 Å². The van der Waals surface area contributed by atoms with E-state index in [1.165, 1.54) is 0 Å². The zero-order chi connectivity index (χ0) is 18.2. The van der Waals surface area contributed by atoms with Crippen LogP contribution in [0.4, 0.5) is 0 Å². The Morgan fingerprint density at radius 2 is 1.65 bits per heavy atom. The number of hydrogen-bond donors (Lipinski definition) is 3. The Balaban J connectivity index is 1.51. The molecule has 1 heterocycles. The van der Waals surface area contributed by atoms with Gasteiger partial charge in [-0.25, -0.2) is 5.48 Å². The number of furan rings is 1. The van der Waals surface area contributed by atoms with E-state index in [2.05, 4.69) is 10.8 Å². The van der Waals surface area contributed by atoms with Gasteiger partial charge < -0.3 is 14.9 Å². The van der Waals surface area contributed by atoms with Crippen molar-refractivity contribution in [1.82, 2.24) is 10.8 Å². The Morgan fingerprint density at radius 1 is 0.923 bits per heavy atom. The lowest BCUT2D eigenvalue weighted by molar-refractivity contribution is 0.0953. The van der Waals surface area contributed by atoms with Gasteiger partial charge in [-0.3, -0.25) is 4.79 Å². The number of benzene rings is 2. The van der Waals surface area contributed by atoms with E-state index in [9.17, 15) is 4.79 Å². The number of hydrogen-bond acceptors (Lipinski definition) is 4. The number of carbonyl (C=O) groups is 1. The van der Waals surface area contributed by atoms with Crippen molar-refractivity contribution < 1.29 is 14.4 Å². The summed E-state index contributed by atoms with van der Waals surface area (Å²) in [6.07, 6.45) is 3.95. The predicted molar refractivity (Wildman–Crippen MR) is 102 cm³/mol. The van der Waals surface area contributed by atoms with Crippen molar-refractivity contribution in [3.05, 3.63) is 60.2 Å². The summed E-state index contributed by atoms with van der Waals surface area (Å²) < 4.78 is 5.85. The Morgan fingerprint density at radius 3 is 2.38 bits per heavy atom. The molecule has 1 amide bonds. The topological polar surface area (TPSA) is 74.5 Å². The molecule has 0 saturated carbocycles. The molecule has 0 aliphatic rings. The van der Waals surface area contributed by atoms with Crippen LogP contribution in [0.3, 0.4) is 0 Å². The highest BCUT2D eigenvalue weighted by Crippen LogP contribution is 2.27. The molecule has 136 valence electrons. The molecule has 2 aromatic carbocycles. The van der Waals surface area contributed by atoms with Crippen LogP contribution in [0.1, 0.15) is 36.0 Å². The van der Waals surface area contributed by atoms with Crippen LogP contribution in [0.2, 0.25) is 0 Å². The molecule has 3 N–H and O–H groups in total. The van der Waals surface area contributed by atoms with Crippen molar-refractivity contribution in [3.63, 3.8) is 0 Å². The SMILES string of the molecule is O=C(NCCCCCCNO)c1ccc(-c2cc3ccccc3o2)cc1. The van der Waals surface area contributed by atoms with Crippen LogP contribution in [0, 0.1) is 0 Å². The average molecular weight is 352 g/mol. The first-order chi connectivity index (χ1) is 12.8. The van der Waals surface area contributed by atoms with Gasteiger partial charge in [-0.15, -0.1) is 0 Å². The van der Waals surface area contributed by atoms with Crippen molar-refractivity contribution in [1.29, 1.82) is 0 Å². The Hall–Kier alpha value is -2.63. The minimum Gasteiger partial charge on any atom is -0.456 e. The average Bonchev–Trinajstić information content (AvgIpc) is 3.11. The molecule has 1 aromatic heterocycles. The van der Waals surface area contributed by atoms with E-state index >= 15 is 0 Å². The van der Waals surface area contributed by atoms with Crippen LogP contribution in [-0.4, -0.2) is 24.2 Å². The lowest BCUT2D eigenvalue weighted by Crippen LogP contribution is -2.24. The molecule has 0 aliphatic carbocycles. The lowest BCUT2D eigenvalue weighted by Gasteiger charge is -2.06. The molecule has 5 heteroatoms. The maximum Gasteiger partial charge on any atom is 0.251 e. The molecule has 0 radical (unpaired) electrons. The number of fused-ring (bicyclic) bond motifs is 1. The molecule has 0 spiro atoms. The van der Waals surface area contributed by atoms with Gasteiger partial charge in [0.05, 0.1) is 0 Å². The Labute approximate surface area is 153 Å². The number of rotatable bonds is 9. The number of carbonyl (C=O) groups excluding carboxylic acids is 1. The normalized spacial score (nSPS) is 11.0. The minimum atomic E-state index is -0.0572. The molecule has 0 bridgehead atoms. The standard InChI is InChI=1S/C21H24N2O3/c24-21(22-13-5-1-2-6-14-23-25)17-11-9-16(10-12-17)20-15-18-7-3-4-8-19(18)26-20/h3-4,7-12,15,23,25H,1-2,5-6,13-14H2,(H,22,24). The number of amides is 1. The first kappa shape index (κ1) is 18.2. The molecule has 0 saturated heterocycles. The van der Waals surface area contributed by atoms with E-state index in [0.717, 1.165) is 48.0 Å². The second kappa shape index (κ2) is 9.17. The largest absolute Gasteiger partial charge is 0.456 e. The highest BCUT2D eigenvalue weighted by molar-refractivity contribution is 5.94. The van der Waals surface area contributed by atoms with Gasteiger partial charge in [-0.05, 0) is 37.1 Å². The fourth-order valence-electron chi connectivity index (χ4n) is 2.90. The Bertz CT molecular complexity index is 807. The number of para-hydroxylation sites is 1. The fourth-order valence-corrected chi connectivity index (χ4v) is 2.90. The van der Waals surface area contributed by atoms with E-state index in [1.54, 1.807) is 0 Å². The molecular formula is C21H24N2O3. The van der Waals surface area contributed by atoms with Crippen LogP contribution in [0.5, 0.6) is 0 Å². The van der Waals surface area contributed by atoms with Crippen molar-refractivity contribution in [2.75, 3.05) is 13.1 Å². The summed E-state index contributed by atoms with van der Waals surface area (Å²) in [6, 6.07) is 17.4. The molecule has 0 aliphatic heterocycles. The molecule has 3 rings (SSSR count). The van der Waals surface area contributed by atoms with E-state index < -0.39 is 0 Å². The van der Waals surface area contributed by atoms with Gasteiger partial charge in [-0.1, -0.05) is 43.2 Å². The molecule has 0 unspecified atom stereocenters. The third-order valence-electron chi connectivity index (χ3n) is 4.36. The second-order valence-electron chi connectivity index (χ2n) is 6.30. The smallest absolute Gasteiger partial charge is 0.251 e. The van der Waals surface area contributed by atoms with Crippen LogP contribution < -0.4 is 10.8 Å². The maximum absolute atomic E-state index is 12.2. The van der Waals surface area contributed by atoms with Crippen molar-refractivity contribution in [2.24, 2.45) is 0 Å². The summed E-state index contributed by atoms with van der Waals surface area (Å²) >= 11 is 0. The molecule has 0 atom stereocenters. The third kappa shape index (κ3) is 4.71. The van der Waals surface area contributed by atoms with Gasteiger partial charge in [0.25, 0.3) is 5.91 Å². The quantitative estimate of drug-likeness (QED) is 0.395. The summed E-state index contributed by atoms with van der Waals surface area (Å²) in [5.74, 6) is 0.744. The monoisotopic (exact) mass is 352 g/mol. The van der Waals surface area contributed by atoms with Crippen LogP contribution in [-0.2, 0) is 0 Å². The third-order valence-corrected chi connectivity index (χ3v) is 4.36. The van der Waals surface area contributed by atoms with E-state index in [4.69, 9.17) is 9.62 Å². The first-order valence-corrected chi connectivity index (χ1v) is 9.02. The summed E-state index contributed by atoms with van der Waals surface area (Å²) in [4.78, 5) is 12.2. The molecule has 0 fully saturated rings. The predicted octanol–water partition coefficient (Wildman–Crippen LogP) is 4.37. The Kier molecular flexibility index (Phi) is 6.41. The summed E-state index contributed by atoms with van der Waals surface area (Å²) in [7, 11) is 0. The molecule has 5 nitrogen and oxygen atoms in total. The zero-order valence-corrected chi connectivity index (χ0v) is 14.7. The molecule has 3 aromatic rings. The van der Waals surface area contributed by atoms with E-state index in [0.29, 0.717) is 18.7 Å². The number of nitrogens with one attached hydrogen (secondary N) is 2. The van der Waals surface area contributed by atoms with Crippen LogP contribution in [0.25, 0.3) is 22.3 Å². The summed E-state index contributed by atoms with van der Waals surface area (Å²) in [5, 5.41) is 12.5. The van der Waals surface area contributed by atoms with Gasteiger partial charge in [0, 0.05) is 29.6 Å². The number of unbranched alkanes of at least 4 members (excludes halogenated alkanes) is 3. The molecule has 26 heavy (non-hydrogen) atoms. The van der Waals surface area contributed by atoms with Crippen molar-refractivity contribution in [3.8, 4) is 11.3 Å². The van der Waals surface area contributed by atoms with E-state index in [-0.39, 0.29) is 5.91 Å². The second-order valence-corrected chi connectivity index (χ2v) is 6.30. The fraction of sp³-hybridized carbons (Fsp3) is 0.286. The molecular weight excluding hydrogens is 328 g/mol. The van der Waals surface area contributed by atoms with Gasteiger partial charge in [0.1, 0.15) is 11.3 Å². The highest BCUT2D eigenvalue weighted by Gasteiger charge is 2.08. The summed E-state index contributed by atoms with van der Waals surface area (Å²) in [5.41, 5.74) is 4.61. The van der Waals surface area contributed by atoms with Crippen LogP contribution in [0.15, 0.2) is 59.0 Å². The maximum atomic E-state index is 12.2. The first-order valence-electron chi connectivity index (χ1n) is 9.02. The van der Waals surface area contributed by atoms with E-state index in [1.807, 2.05) is 54.6 Å². The lowest BCUT2D eigenvalue weighted by atomic mass is 10.1. The van der Waals surface area contributed by atoms with Gasteiger partial charge >= 0.3 is 0 Å². The minimum absolute atomic E-state index is 0.0572. The summed E-state index contributed by atoms with van der Waals surface area (Å²) in [6.45, 7) is 1.28. The highest BCUT2D eigenvalue weighted by atomic mass is 16.5. The van der Waals surface area contributed by atoms with Crippen molar-refractivity contribution in [2.45, 2.75) is 25.7 Å².